The van der Waals surface area contributed by atoms with Gasteiger partial charge in [0.05, 0.1) is 11.1 Å². The molecule has 1 aliphatic rings. The Morgan fingerprint density at radius 3 is 3.00 bits per heavy atom. The Labute approximate surface area is 58.5 Å². The fourth-order valence-corrected chi connectivity index (χ4v) is 1.78. The van der Waals surface area contributed by atoms with E-state index in [4.69, 9.17) is 11.6 Å². The van der Waals surface area contributed by atoms with Gasteiger partial charge in [-0.2, -0.15) is 0 Å². The van der Waals surface area contributed by atoms with E-state index in [2.05, 4.69) is 4.99 Å². The predicted molar refractivity (Wildman–Crippen MR) is 40.1 cm³/mol. The molecule has 1 heterocycles. The van der Waals surface area contributed by atoms with Crippen molar-refractivity contribution < 1.29 is 0 Å². The summed E-state index contributed by atoms with van der Waals surface area (Å²) in [5, 5.41) is 1.18. The van der Waals surface area contributed by atoms with Crippen molar-refractivity contribution in [3.8, 4) is 0 Å². The van der Waals surface area contributed by atoms with Crippen molar-refractivity contribution in [2.24, 2.45) is 4.99 Å². The van der Waals surface area contributed by atoms with Crippen molar-refractivity contribution in [1.29, 1.82) is 0 Å². The Bertz CT molecular complexity index is 113. The molecule has 1 atom stereocenters. The Balaban J connectivity index is 2.41. The van der Waals surface area contributed by atoms with Gasteiger partial charge in [-0.25, -0.2) is 0 Å². The molecule has 1 rings (SSSR count). The summed E-state index contributed by atoms with van der Waals surface area (Å²) in [6.45, 7) is 2.03. The molecule has 1 nitrogen and oxygen atoms in total. The number of alkyl halides is 1. The van der Waals surface area contributed by atoms with E-state index in [1.165, 1.54) is 5.04 Å². The molecule has 1 aliphatic heterocycles. The zero-order chi connectivity index (χ0) is 5.98. The van der Waals surface area contributed by atoms with E-state index in [0.29, 0.717) is 11.9 Å². The van der Waals surface area contributed by atoms with Crippen LogP contribution in [-0.4, -0.2) is 22.7 Å². The molecule has 0 unspecified atom stereocenters. The van der Waals surface area contributed by atoms with E-state index in [9.17, 15) is 0 Å². The van der Waals surface area contributed by atoms with Crippen molar-refractivity contribution in [3.63, 3.8) is 0 Å². The van der Waals surface area contributed by atoms with Crippen LogP contribution >= 0.6 is 23.4 Å². The van der Waals surface area contributed by atoms with Gasteiger partial charge in [-0.1, -0.05) is 0 Å². The third-order valence-corrected chi connectivity index (χ3v) is 2.46. The minimum absolute atomic E-state index is 0.390. The van der Waals surface area contributed by atoms with Crippen molar-refractivity contribution in [2.45, 2.75) is 13.0 Å². The lowest BCUT2D eigenvalue weighted by atomic mass is 10.4. The minimum atomic E-state index is 0.390. The van der Waals surface area contributed by atoms with Crippen molar-refractivity contribution >= 4 is 28.4 Å². The summed E-state index contributed by atoms with van der Waals surface area (Å²) in [7, 11) is 0. The first-order valence-corrected chi connectivity index (χ1v) is 4.08. The van der Waals surface area contributed by atoms with Gasteiger partial charge in [0.2, 0.25) is 0 Å². The van der Waals surface area contributed by atoms with Gasteiger partial charge in [0.25, 0.3) is 0 Å². The maximum Gasteiger partial charge on any atom is 0.0738 e. The SMILES string of the molecule is CC1=N[C@H](CCl)CS1. The first kappa shape index (κ1) is 6.43. The van der Waals surface area contributed by atoms with Gasteiger partial charge >= 0.3 is 0 Å². The molecule has 0 aliphatic carbocycles. The molecule has 0 bridgehead atoms. The highest BCUT2D eigenvalue weighted by Gasteiger charge is 2.12. The second kappa shape index (κ2) is 2.74. The maximum absolute atomic E-state index is 5.55. The average molecular weight is 150 g/mol. The number of rotatable bonds is 1. The third kappa shape index (κ3) is 1.39. The molecule has 0 N–H and O–H groups in total. The molecule has 3 heteroatoms. The average Bonchev–Trinajstić information content (AvgIpc) is 2.14. The van der Waals surface area contributed by atoms with Gasteiger partial charge in [-0.3, -0.25) is 4.99 Å². The van der Waals surface area contributed by atoms with Crippen LogP contribution in [0.25, 0.3) is 0 Å². The summed E-state index contributed by atoms with van der Waals surface area (Å²) in [6, 6.07) is 0.390. The fourth-order valence-electron chi connectivity index (χ4n) is 0.627. The highest BCUT2D eigenvalue weighted by atomic mass is 35.5. The quantitative estimate of drug-likeness (QED) is 0.518. The molecule has 0 aromatic heterocycles. The van der Waals surface area contributed by atoms with Crippen LogP contribution in [0.2, 0.25) is 0 Å². The second-order valence-electron chi connectivity index (χ2n) is 1.77. The lowest BCUT2D eigenvalue weighted by Crippen LogP contribution is -2.03. The third-order valence-electron chi connectivity index (χ3n) is 1.03. The molecule has 0 amide bonds. The smallest absolute Gasteiger partial charge is 0.0738 e. The molecule has 8 heavy (non-hydrogen) atoms. The molecule has 0 aromatic carbocycles. The molecule has 0 saturated heterocycles. The highest BCUT2D eigenvalue weighted by Crippen LogP contribution is 2.17. The minimum Gasteiger partial charge on any atom is -0.278 e. The van der Waals surface area contributed by atoms with E-state index in [1.807, 2.05) is 6.92 Å². The van der Waals surface area contributed by atoms with E-state index in [0.717, 1.165) is 5.75 Å². The van der Waals surface area contributed by atoms with Gasteiger partial charge in [-0.15, -0.1) is 23.4 Å². The van der Waals surface area contributed by atoms with Crippen molar-refractivity contribution in [3.05, 3.63) is 0 Å². The number of hydrogen-bond acceptors (Lipinski definition) is 2. The molecule has 0 aromatic rings. The topological polar surface area (TPSA) is 12.4 Å². The molecular weight excluding hydrogens is 142 g/mol. The van der Waals surface area contributed by atoms with E-state index < -0.39 is 0 Å². The largest absolute Gasteiger partial charge is 0.278 e. The van der Waals surface area contributed by atoms with Gasteiger partial charge in [0.15, 0.2) is 0 Å². The summed E-state index contributed by atoms with van der Waals surface area (Å²) in [5.41, 5.74) is 0. The Hall–Kier alpha value is 0.310. The Morgan fingerprint density at radius 1 is 2.00 bits per heavy atom. The number of hydrogen-bond donors (Lipinski definition) is 0. The fraction of sp³-hybridized carbons (Fsp3) is 0.800. The normalized spacial score (nSPS) is 28.2. The van der Waals surface area contributed by atoms with Gasteiger partial charge in [0, 0.05) is 11.6 Å². The number of aliphatic imine (C=N–C) groups is 1. The van der Waals surface area contributed by atoms with Gasteiger partial charge in [0.1, 0.15) is 0 Å². The monoisotopic (exact) mass is 149 g/mol. The summed E-state index contributed by atoms with van der Waals surface area (Å²) in [6.07, 6.45) is 0. The number of thioether (sulfide) groups is 1. The van der Waals surface area contributed by atoms with Crippen molar-refractivity contribution in [2.75, 3.05) is 11.6 Å². The molecular formula is C5H8ClNS. The summed E-state index contributed by atoms with van der Waals surface area (Å²) < 4.78 is 0. The Kier molecular flexibility index (Phi) is 2.20. The Morgan fingerprint density at radius 2 is 2.75 bits per heavy atom. The van der Waals surface area contributed by atoms with Crippen LogP contribution in [0, 0.1) is 0 Å². The zero-order valence-electron chi connectivity index (χ0n) is 4.72. The van der Waals surface area contributed by atoms with E-state index in [1.54, 1.807) is 11.8 Å². The summed E-state index contributed by atoms with van der Waals surface area (Å²) >= 11 is 7.35. The van der Waals surface area contributed by atoms with Crippen LogP contribution < -0.4 is 0 Å². The van der Waals surface area contributed by atoms with Gasteiger partial charge in [-0.05, 0) is 6.92 Å². The van der Waals surface area contributed by atoms with E-state index in [-0.39, 0.29) is 0 Å². The summed E-state index contributed by atoms with van der Waals surface area (Å²) in [5.74, 6) is 1.75. The highest BCUT2D eigenvalue weighted by molar-refractivity contribution is 8.14. The first-order valence-electron chi connectivity index (χ1n) is 2.56. The van der Waals surface area contributed by atoms with Crippen molar-refractivity contribution in [1.82, 2.24) is 0 Å². The number of nitrogens with zero attached hydrogens (tertiary/aromatic N) is 1. The molecule has 0 saturated carbocycles. The van der Waals surface area contributed by atoms with Crippen LogP contribution in [0.5, 0.6) is 0 Å². The summed E-state index contributed by atoms with van der Waals surface area (Å²) in [4.78, 5) is 4.25. The first-order chi connectivity index (χ1) is 3.83. The predicted octanol–water partition coefficient (Wildman–Crippen LogP) is 1.76. The van der Waals surface area contributed by atoms with Crippen LogP contribution in [0.15, 0.2) is 4.99 Å². The van der Waals surface area contributed by atoms with Gasteiger partial charge < -0.3 is 0 Å². The molecule has 0 spiro atoms. The lowest BCUT2D eigenvalue weighted by Gasteiger charge is -1.94. The zero-order valence-corrected chi connectivity index (χ0v) is 6.30. The lowest BCUT2D eigenvalue weighted by molar-refractivity contribution is 0.873. The molecule has 0 radical (unpaired) electrons. The van der Waals surface area contributed by atoms with Crippen LogP contribution in [0.3, 0.4) is 0 Å². The van der Waals surface area contributed by atoms with Crippen LogP contribution in [0.1, 0.15) is 6.92 Å². The molecule has 46 valence electrons. The van der Waals surface area contributed by atoms with E-state index >= 15 is 0 Å². The van der Waals surface area contributed by atoms with Crippen LogP contribution in [-0.2, 0) is 0 Å². The maximum atomic E-state index is 5.55. The standard InChI is InChI=1S/C5H8ClNS/c1-4-7-5(2-6)3-8-4/h5H,2-3H2,1H3/t5-/m1/s1. The molecule has 0 fully saturated rings. The number of halogens is 1. The van der Waals surface area contributed by atoms with Crippen LogP contribution in [0.4, 0.5) is 0 Å². The second-order valence-corrected chi connectivity index (χ2v) is 3.29.